The Balaban J connectivity index is 2.08. The molecule has 0 aliphatic rings. The number of amides is 1. The van der Waals surface area contributed by atoms with E-state index in [0.717, 1.165) is 20.9 Å². The van der Waals surface area contributed by atoms with Crippen molar-refractivity contribution in [1.29, 1.82) is 0 Å². The second kappa shape index (κ2) is 7.20. The summed E-state index contributed by atoms with van der Waals surface area (Å²) in [6, 6.07) is 12.0. The van der Waals surface area contributed by atoms with Crippen LogP contribution in [0.4, 0.5) is 5.69 Å². The fraction of sp³-hybridized carbons (Fsp3) is 0.176. The minimum atomic E-state index is -0.431. The summed E-state index contributed by atoms with van der Waals surface area (Å²) < 4.78 is 2.50. The first kappa shape index (κ1) is 17.4. The van der Waals surface area contributed by atoms with Gasteiger partial charge in [0, 0.05) is 24.1 Å². The van der Waals surface area contributed by atoms with Crippen molar-refractivity contribution in [3.05, 3.63) is 62.9 Å². The van der Waals surface area contributed by atoms with Crippen LogP contribution in [-0.4, -0.2) is 21.2 Å². The summed E-state index contributed by atoms with van der Waals surface area (Å²) >= 11 is 2.86. The quantitative estimate of drug-likeness (QED) is 0.393. The van der Waals surface area contributed by atoms with E-state index in [9.17, 15) is 14.9 Å². The Hall–Kier alpha value is -2.45. The van der Waals surface area contributed by atoms with Crippen LogP contribution in [0, 0.1) is 10.1 Å². The minimum Gasteiger partial charge on any atom is -0.319 e. The van der Waals surface area contributed by atoms with Crippen LogP contribution >= 0.6 is 23.1 Å². The third kappa shape index (κ3) is 3.49. The molecule has 0 saturated heterocycles. The number of carbonyl (C=O) groups is 1. The summed E-state index contributed by atoms with van der Waals surface area (Å²) in [7, 11) is 1.80. The number of aryl methyl sites for hydroxylation is 1. The van der Waals surface area contributed by atoms with Gasteiger partial charge in [0.2, 0.25) is 0 Å². The zero-order valence-corrected chi connectivity index (χ0v) is 15.3. The normalized spacial score (nSPS) is 11.8. The predicted molar refractivity (Wildman–Crippen MR) is 100 cm³/mol. The van der Waals surface area contributed by atoms with Gasteiger partial charge in [-0.05, 0) is 24.0 Å². The van der Waals surface area contributed by atoms with Crippen LogP contribution in [0.25, 0.3) is 10.2 Å². The van der Waals surface area contributed by atoms with E-state index in [1.165, 1.54) is 23.5 Å². The molecule has 0 bridgehead atoms. The highest BCUT2D eigenvalue weighted by Crippen LogP contribution is 2.24. The van der Waals surface area contributed by atoms with Gasteiger partial charge in [0.1, 0.15) is 0 Å². The molecule has 0 radical (unpaired) electrons. The van der Waals surface area contributed by atoms with Crippen LogP contribution in [0.2, 0.25) is 0 Å². The first-order chi connectivity index (χ1) is 12.0. The van der Waals surface area contributed by atoms with Crippen LogP contribution in [0.5, 0.6) is 0 Å². The molecule has 128 valence electrons. The smallest absolute Gasteiger partial charge is 0.280 e. The number of fused-ring (bicyclic) bond motifs is 1. The number of benzene rings is 2. The Bertz CT molecular complexity index is 1040. The molecular weight excluding hydrogens is 358 g/mol. The molecule has 1 heterocycles. The second-order valence-corrected chi connectivity index (χ2v) is 7.51. The molecule has 8 heteroatoms. The summed E-state index contributed by atoms with van der Waals surface area (Å²) in [6.45, 7) is 2.03. The van der Waals surface area contributed by atoms with E-state index < -0.39 is 4.92 Å². The van der Waals surface area contributed by atoms with E-state index in [4.69, 9.17) is 0 Å². The molecule has 1 amide bonds. The SMILES string of the molecule is CCSc1ccccc1C(=O)N=c1sc2cc([N+](=O)[O-])ccc2n1C. The Morgan fingerprint density at radius 3 is 2.80 bits per heavy atom. The molecule has 3 rings (SSSR count). The highest BCUT2D eigenvalue weighted by molar-refractivity contribution is 7.99. The molecule has 2 aromatic carbocycles. The lowest BCUT2D eigenvalue weighted by Crippen LogP contribution is -2.13. The van der Waals surface area contributed by atoms with Crippen molar-refractivity contribution in [1.82, 2.24) is 4.57 Å². The van der Waals surface area contributed by atoms with Crippen LogP contribution in [0.3, 0.4) is 0 Å². The molecule has 0 N–H and O–H groups in total. The number of carbonyl (C=O) groups excluding carboxylic acids is 1. The maximum Gasteiger partial charge on any atom is 0.280 e. The Morgan fingerprint density at radius 1 is 1.32 bits per heavy atom. The monoisotopic (exact) mass is 373 g/mol. The minimum absolute atomic E-state index is 0.0249. The van der Waals surface area contributed by atoms with E-state index >= 15 is 0 Å². The van der Waals surface area contributed by atoms with Gasteiger partial charge in [-0.15, -0.1) is 11.8 Å². The second-order valence-electron chi connectivity index (χ2n) is 5.20. The molecule has 25 heavy (non-hydrogen) atoms. The number of nitro groups is 1. The summed E-state index contributed by atoms with van der Waals surface area (Å²) in [5.74, 6) is 0.554. The molecule has 0 spiro atoms. The third-order valence-electron chi connectivity index (χ3n) is 3.62. The highest BCUT2D eigenvalue weighted by Gasteiger charge is 2.13. The topological polar surface area (TPSA) is 77.5 Å². The third-order valence-corrected chi connectivity index (χ3v) is 5.67. The van der Waals surface area contributed by atoms with Crippen molar-refractivity contribution in [3.63, 3.8) is 0 Å². The van der Waals surface area contributed by atoms with Crippen molar-refractivity contribution >= 4 is 44.9 Å². The van der Waals surface area contributed by atoms with Crippen molar-refractivity contribution in [2.75, 3.05) is 5.75 Å². The van der Waals surface area contributed by atoms with E-state index in [1.54, 1.807) is 35.5 Å². The van der Waals surface area contributed by atoms with Gasteiger partial charge in [0.05, 0.1) is 20.7 Å². The molecule has 0 atom stereocenters. The van der Waals surface area contributed by atoms with Crippen LogP contribution in [0.1, 0.15) is 17.3 Å². The number of aromatic nitrogens is 1. The number of nitrogens with zero attached hydrogens (tertiary/aromatic N) is 3. The van der Waals surface area contributed by atoms with Gasteiger partial charge < -0.3 is 4.57 Å². The predicted octanol–water partition coefficient (Wildman–Crippen LogP) is 4.00. The number of thioether (sulfide) groups is 1. The first-order valence-electron chi connectivity index (χ1n) is 7.56. The lowest BCUT2D eigenvalue weighted by molar-refractivity contribution is -0.384. The van der Waals surface area contributed by atoms with E-state index in [0.29, 0.717) is 10.4 Å². The summed E-state index contributed by atoms with van der Waals surface area (Å²) in [5, 5.41) is 10.9. The van der Waals surface area contributed by atoms with Crippen molar-refractivity contribution in [3.8, 4) is 0 Å². The maximum atomic E-state index is 12.6. The number of hydrogen-bond donors (Lipinski definition) is 0. The Morgan fingerprint density at radius 2 is 2.08 bits per heavy atom. The van der Waals surface area contributed by atoms with E-state index in [2.05, 4.69) is 4.99 Å². The van der Waals surface area contributed by atoms with E-state index in [1.807, 2.05) is 25.1 Å². The number of non-ortho nitro benzene ring substituents is 1. The fourth-order valence-electron chi connectivity index (χ4n) is 2.41. The van der Waals surface area contributed by atoms with Gasteiger partial charge in [0.15, 0.2) is 4.80 Å². The maximum absolute atomic E-state index is 12.6. The standard InChI is InChI=1S/C17H15N3O3S2/c1-3-24-14-7-5-4-6-12(14)16(21)18-17-19(2)13-9-8-11(20(22)23)10-15(13)25-17/h4-10H,3H2,1-2H3. The number of rotatable bonds is 4. The number of hydrogen-bond acceptors (Lipinski definition) is 5. The Labute approximate surface area is 152 Å². The average molecular weight is 373 g/mol. The molecule has 6 nitrogen and oxygen atoms in total. The zero-order valence-electron chi connectivity index (χ0n) is 13.6. The molecule has 0 unspecified atom stereocenters. The molecule has 1 aromatic heterocycles. The fourth-order valence-corrected chi connectivity index (χ4v) is 4.26. The van der Waals surface area contributed by atoms with Gasteiger partial charge in [-0.2, -0.15) is 4.99 Å². The van der Waals surface area contributed by atoms with E-state index in [-0.39, 0.29) is 11.6 Å². The van der Waals surface area contributed by atoms with Gasteiger partial charge in [-0.3, -0.25) is 14.9 Å². The summed E-state index contributed by atoms with van der Waals surface area (Å²) in [6.07, 6.45) is 0. The first-order valence-corrected chi connectivity index (χ1v) is 9.36. The van der Waals surface area contributed by atoms with Crippen molar-refractivity contribution < 1.29 is 9.72 Å². The molecule has 0 saturated carbocycles. The summed E-state index contributed by atoms with van der Waals surface area (Å²) in [5.41, 5.74) is 1.40. The molecular formula is C17H15N3O3S2. The van der Waals surface area contributed by atoms with Gasteiger partial charge in [0.25, 0.3) is 11.6 Å². The Kier molecular flexibility index (Phi) is 5.00. The summed E-state index contributed by atoms with van der Waals surface area (Å²) in [4.78, 5) is 28.8. The van der Waals surface area contributed by atoms with Crippen molar-refractivity contribution in [2.45, 2.75) is 11.8 Å². The van der Waals surface area contributed by atoms with Crippen molar-refractivity contribution in [2.24, 2.45) is 12.0 Å². The van der Waals surface area contributed by atoms with Gasteiger partial charge in [-0.25, -0.2) is 0 Å². The van der Waals surface area contributed by atoms with Gasteiger partial charge in [-0.1, -0.05) is 30.4 Å². The largest absolute Gasteiger partial charge is 0.319 e. The molecule has 0 aliphatic carbocycles. The van der Waals surface area contributed by atoms with Crippen LogP contribution in [0.15, 0.2) is 52.4 Å². The van der Waals surface area contributed by atoms with Crippen LogP contribution in [-0.2, 0) is 7.05 Å². The molecule has 3 aromatic rings. The average Bonchev–Trinajstić information content (AvgIpc) is 2.91. The highest BCUT2D eigenvalue weighted by atomic mass is 32.2. The number of nitro benzene ring substituents is 1. The lowest BCUT2D eigenvalue weighted by atomic mass is 10.2. The molecule has 0 aliphatic heterocycles. The molecule has 0 fully saturated rings. The number of thiazole rings is 1. The van der Waals surface area contributed by atoms with Gasteiger partial charge >= 0.3 is 0 Å². The van der Waals surface area contributed by atoms with Crippen LogP contribution < -0.4 is 4.80 Å². The lowest BCUT2D eigenvalue weighted by Gasteiger charge is -2.03. The zero-order chi connectivity index (χ0) is 18.0.